The average molecular weight is 493 g/mol. The number of aromatic nitrogens is 1. The molecule has 0 amide bonds. The van der Waals surface area contributed by atoms with Gasteiger partial charge in [0.25, 0.3) is 0 Å². The van der Waals surface area contributed by atoms with E-state index in [0.29, 0.717) is 46.3 Å². The lowest BCUT2D eigenvalue weighted by molar-refractivity contribution is -0.157. The standard InChI is InChI=1S/C33H52N2O/c1-22(2)9-8-10-23(3)27-12-13-28-31-29(15-17-33(27,28)5)32(4)16-14-25(19-24(32)20-30(31)36)35-21-26-11-6-7-18-34-26/h6-7,11,18,22-25,27-29,31,35H,8-10,12-17,19-21H2,1-5H3/t23-,24-,25-,27-,28?,29?,31?,32+,33-/m1/s1. The van der Waals surface area contributed by atoms with Gasteiger partial charge in [0.05, 0.1) is 5.69 Å². The first-order valence-corrected chi connectivity index (χ1v) is 15.4. The second kappa shape index (κ2) is 10.5. The SMILES string of the molecule is CC(C)CCC[C@@H](C)[C@H]1CCC2C3C(=O)C[C@H]4C[C@H](NCc5ccccn5)CC[C@]4(C)C3CC[C@@]21C. The molecule has 4 fully saturated rings. The first-order valence-electron chi connectivity index (χ1n) is 15.4. The molecule has 36 heavy (non-hydrogen) atoms. The van der Waals surface area contributed by atoms with Crippen molar-refractivity contribution >= 4 is 5.78 Å². The van der Waals surface area contributed by atoms with Crippen LogP contribution in [0.2, 0.25) is 0 Å². The van der Waals surface area contributed by atoms with Gasteiger partial charge in [0.1, 0.15) is 5.78 Å². The Morgan fingerprint density at radius 3 is 2.53 bits per heavy atom. The molecule has 1 aromatic heterocycles. The van der Waals surface area contributed by atoms with Crippen molar-refractivity contribution in [2.75, 3.05) is 0 Å². The van der Waals surface area contributed by atoms with Gasteiger partial charge in [-0.05, 0) is 103 Å². The van der Waals surface area contributed by atoms with E-state index in [9.17, 15) is 4.79 Å². The molecule has 9 atom stereocenters. The molecule has 0 radical (unpaired) electrons. The summed E-state index contributed by atoms with van der Waals surface area (Å²) in [6, 6.07) is 6.67. The second-order valence-electron chi connectivity index (χ2n) is 14.3. The average Bonchev–Trinajstić information content (AvgIpc) is 3.21. The van der Waals surface area contributed by atoms with Gasteiger partial charge >= 0.3 is 0 Å². The Morgan fingerprint density at radius 1 is 1.00 bits per heavy atom. The maximum atomic E-state index is 13.9. The molecule has 0 saturated heterocycles. The molecule has 3 heteroatoms. The van der Waals surface area contributed by atoms with E-state index >= 15 is 0 Å². The number of hydrogen-bond acceptors (Lipinski definition) is 3. The van der Waals surface area contributed by atoms with Gasteiger partial charge in [-0.3, -0.25) is 9.78 Å². The molecule has 4 aliphatic rings. The van der Waals surface area contributed by atoms with Crippen molar-refractivity contribution in [2.45, 2.75) is 118 Å². The van der Waals surface area contributed by atoms with Crippen LogP contribution < -0.4 is 5.32 Å². The fraction of sp³-hybridized carbons (Fsp3) is 0.818. The predicted molar refractivity (Wildman–Crippen MR) is 148 cm³/mol. The smallest absolute Gasteiger partial charge is 0.136 e. The number of carbonyl (C=O) groups is 1. The number of Topliss-reactive ketones (excluding diaryl/α,β-unsaturated/α-hetero) is 1. The van der Waals surface area contributed by atoms with Crippen molar-refractivity contribution in [1.82, 2.24) is 10.3 Å². The lowest BCUT2D eigenvalue weighted by Crippen LogP contribution is -2.58. The van der Waals surface area contributed by atoms with Crippen molar-refractivity contribution < 1.29 is 4.79 Å². The molecule has 0 aromatic carbocycles. The van der Waals surface area contributed by atoms with Gasteiger partial charge in [-0.2, -0.15) is 0 Å². The van der Waals surface area contributed by atoms with Gasteiger partial charge in [0, 0.05) is 31.1 Å². The van der Waals surface area contributed by atoms with Crippen LogP contribution in [0, 0.1) is 52.3 Å². The molecule has 4 aliphatic carbocycles. The highest BCUT2D eigenvalue weighted by atomic mass is 16.1. The topological polar surface area (TPSA) is 42.0 Å². The van der Waals surface area contributed by atoms with Crippen LogP contribution >= 0.6 is 0 Å². The van der Waals surface area contributed by atoms with Gasteiger partial charge in [-0.15, -0.1) is 0 Å². The highest BCUT2D eigenvalue weighted by Crippen LogP contribution is 2.67. The van der Waals surface area contributed by atoms with Crippen molar-refractivity contribution in [3.8, 4) is 0 Å². The van der Waals surface area contributed by atoms with E-state index in [1.807, 2.05) is 12.3 Å². The molecule has 3 nitrogen and oxygen atoms in total. The summed E-state index contributed by atoms with van der Waals surface area (Å²) in [4.78, 5) is 18.4. The summed E-state index contributed by atoms with van der Waals surface area (Å²) in [5, 5.41) is 3.79. The number of carbonyl (C=O) groups excluding carboxylic acids is 1. The van der Waals surface area contributed by atoms with Crippen molar-refractivity contribution in [3.05, 3.63) is 30.1 Å². The molecule has 5 rings (SSSR count). The van der Waals surface area contributed by atoms with Gasteiger partial charge in [-0.1, -0.05) is 59.9 Å². The van der Waals surface area contributed by atoms with Crippen LogP contribution in [0.15, 0.2) is 24.4 Å². The zero-order valence-electron chi connectivity index (χ0n) is 23.8. The molecular weight excluding hydrogens is 440 g/mol. The summed E-state index contributed by atoms with van der Waals surface area (Å²) in [5.74, 6) is 5.23. The van der Waals surface area contributed by atoms with E-state index in [1.165, 1.54) is 57.8 Å². The molecule has 1 aromatic rings. The van der Waals surface area contributed by atoms with Gasteiger partial charge in [0.2, 0.25) is 0 Å². The number of fused-ring (bicyclic) bond motifs is 5. The molecular formula is C33H52N2O. The van der Waals surface area contributed by atoms with Crippen LogP contribution in [0.1, 0.15) is 111 Å². The highest BCUT2D eigenvalue weighted by molar-refractivity contribution is 5.83. The van der Waals surface area contributed by atoms with E-state index in [2.05, 4.69) is 57.1 Å². The monoisotopic (exact) mass is 492 g/mol. The zero-order chi connectivity index (χ0) is 25.5. The molecule has 4 saturated carbocycles. The molecule has 200 valence electrons. The van der Waals surface area contributed by atoms with Crippen LogP contribution in [-0.4, -0.2) is 16.8 Å². The minimum absolute atomic E-state index is 0.343. The highest BCUT2D eigenvalue weighted by Gasteiger charge is 2.63. The van der Waals surface area contributed by atoms with Gasteiger partial charge < -0.3 is 5.32 Å². The Labute approximate surface area is 221 Å². The van der Waals surface area contributed by atoms with Crippen LogP contribution in [0.5, 0.6) is 0 Å². The number of hydrogen-bond donors (Lipinski definition) is 1. The third kappa shape index (κ3) is 4.83. The summed E-state index contributed by atoms with van der Waals surface area (Å²) >= 11 is 0. The summed E-state index contributed by atoms with van der Waals surface area (Å²) in [7, 11) is 0. The van der Waals surface area contributed by atoms with Crippen molar-refractivity contribution in [1.29, 1.82) is 0 Å². The normalized spacial score (nSPS) is 41.0. The lowest BCUT2D eigenvalue weighted by Gasteiger charge is -2.60. The van der Waals surface area contributed by atoms with Crippen LogP contribution in [0.25, 0.3) is 0 Å². The summed E-state index contributed by atoms with van der Waals surface area (Å²) in [6.45, 7) is 13.3. The van der Waals surface area contributed by atoms with Gasteiger partial charge in [-0.25, -0.2) is 0 Å². The Morgan fingerprint density at radius 2 is 1.78 bits per heavy atom. The predicted octanol–water partition coefficient (Wildman–Crippen LogP) is 7.84. The Kier molecular flexibility index (Phi) is 7.70. The molecule has 1 N–H and O–H groups in total. The number of ketones is 1. The van der Waals surface area contributed by atoms with Gasteiger partial charge in [0.15, 0.2) is 0 Å². The van der Waals surface area contributed by atoms with E-state index < -0.39 is 0 Å². The first kappa shape index (κ1) is 26.4. The van der Waals surface area contributed by atoms with E-state index in [-0.39, 0.29) is 0 Å². The Hall–Kier alpha value is -1.22. The third-order valence-corrected chi connectivity index (χ3v) is 12.0. The molecule has 0 aliphatic heterocycles. The number of nitrogens with one attached hydrogen (secondary N) is 1. The molecule has 3 unspecified atom stereocenters. The fourth-order valence-electron chi connectivity index (χ4n) is 9.89. The molecule has 1 heterocycles. The minimum atomic E-state index is 0.343. The zero-order valence-corrected chi connectivity index (χ0v) is 23.8. The minimum Gasteiger partial charge on any atom is -0.308 e. The quantitative estimate of drug-likeness (QED) is 0.402. The molecule has 0 spiro atoms. The third-order valence-electron chi connectivity index (χ3n) is 12.0. The van der Waals surface area contributed by atoms with E-state index in [1.54, 1.807) is 0 Å². The molecule has 0 bridgehead atoms. The first-order chi connectivity index (χ1) is 17.2. The lowest BCUT2D eigenvalue weighted by atomic mass is 9.44. The van der Waals surface area contributed by atoms with E-state index in [0.717, 1.165) is 42.8 Å². The maximum Gasteiger partial charge on any atom is 0.136 e. The van der Waals surface area contributed by atoms with Crippen molar-refractivity contribution in [3.63, 3.8) is 0 Å². The van der Waals surface area contributed by atoms with Crippen LogP contribution in [0.3, 0.4) is 0 Å². The maximum absolute atomic E-state index is 13.9. The summed E-state index contributed by atoms with van der Waals surface area (Å²) in [5.41, 5.74) is 1.86. The van der Waals surface area contributed by atoms with Crippen LogP contribution in [0.4, 0.5) is 0 Å². The largest absolute Gasteiger partial charge is 0.308 e. The Balaban J connectivity index is 1.25. The summed E-state index contributed by atoms with van der Waals surface area (Å²) in [6.07, 6.45) is 15.8. The second-order valence-corrected chi connectivity index (χ2v) is 14.3. The van der Waals surface area contributed by atoms with Crippen LogP contribution in [-0.2, 0) is 11.3 Å². The fourth-order valence-corrected chi connectivity index (χ4v) is 9.89. The number of pyridine rings is 1. The number of nitrogens with zero attached hydrogens (tertiary/aromatic N) is 1. The number of rotatable bonds is 8. The Bertz CT molecular complexity index is 898. The summed E-state index contributed by atoms with van der Waals surface area (Å²) < 4.78 is 0. The van der Waals surface area contributed by atoms with E-state index in [4.69, 9.17) is 0 Å². The van der Waals surface area contributed by atoms with Crippen molar-refractivity contribution in [2.24, 2.45) is 52.3 Å².